The van der Waals surface area contributed by atoms with Gasteiger partial charge in [0, 0.05) is 43.1 Å². The number of likely N-dealkylation sites (tertiary alicyclic amines) is 2. The van der Waals surface area contributed by atoms with E-state index in [0.717, 1.165) is 68.6 Å². The highest BCUT2D eigenvalue weighted by molar-refractivity contribution is 5.81. The van der Waals surface area contributed by atoms with Gasteiger partial charge in [-0.2, -0.15) is 5.10 Å². The minimum atomic E-state index is 0.157. The van der Waals surface area contributed by atoms with Crippen LogP contribution in [-0.2, 0) is 16.1 Å². The van der Waals surface area contributed by atoms with Crippen molar-refractivity contribution in [3.05, 3.63) is 24.0 Å². The van der Waals surface area contributed by atoms with E-state index >= 15 is 0 Å². The number of nitrogens with one attached hydrogen (secondary N) is 1. The van der Waals surface area contributed by atoms with Crippen LogP contribution in [0.4, 0.5) is 0 Å². The molecule has 3 aliphatic rings. The lowest BCUT2D eigenvalue weighted by Crippen LogP contribution is -2.44. The average Bonchev–Trinajstić information content (AvgIpc) is 3.41. The summed E-state index contributed by atoms with van der Waals surface area (Å²) in [6.45, 7) is 5.37. The Hall–Kier alpha value is -2.48. The summed E-state index contributed by atoms with van der Waals surface area (Å²) in [6.07, 6.45) is 8.25. The lowest BCUT2D eigenvalue weighted by Gasteiger charge is -2.33. The van der Waals surface area contributed by atoms with Crippen LogP contribution in [0.2, 0.25) is 0 Å². The first-order valence-corrected chi connectivity index (χ1v) is 11.8. The first-order chi connectivity index (χ1) is 15.2. The molecule has 5 rings (SSSR count). The Morgan fingerprint density at radius 1 is 1.10 bits per heavy atom. The summed E-state index contributed by atoms with van der Waals surface area (Å²) in [5.41, 5.74) is 1.90. The van der Waals surface area contributed by atoms with E-state index in [2.05, 4.69) is 21.3 Å². The largest absolute Gasteiger partial charge is 0.354 e. The second kappa shape index (κ2) is 8.94. The highest BCUT2D eigenvalue weighted by Crippen LogP contribution is 2.31. The van der Waals surface area contributed by atoms with Crippen molar-refractivity contribution in [2.24, 2.45) is 5.92 Å². The Balaban J connectivity index is 1.28. The summed E-state index contributed by atoms with van der Waals surface area (Å²) in [4.78, 5) is 33.7. The van der Waals surface area contributed by atoms with Crippen molar-refractivity contribution in [3.63, 3.8) is 0 Å². The molecule has 1 saturated carbocycles. The summed E-state index contributed by atoms with van der Waals surface area (Å²) >= 11 is 0. The topological polar surface area (TPSA) is 83.4 Å². The molecule has 2 saturated heterocycles. The Labute approximate surface area is 183 Å². The van der Waals surface area contributed by atoms with Gasteiger partial charge in [-0.15, -0.1) is 0 Å². The molecular weight excluding hydrogens is 392 g/mol. The van der Waals surface area contributed by atoms with E-state index < -0.39 is 0 Å². The number of nitrogens with zero attached hydrogens (tertiary/aromatic N) is 5. The third kappa shape index (κ3) is 4.59. The van der Waals surface area contributed by atoms with Gasteiger partial charge in [0.05, 0.1) is 18.8 Å². The van der Waals surface area contributed by atoms with Gasteiger partial charge < -0.3 is 10.2 Å². The van der Waals surface area contributed by atoms with E-state index in [9.17, 15) is 9.59 Å². The number of piperidine rings is 1. The quantitative estimate of drug-likeness (QED) is 0.732. The Kier molecular flexibility index (Phi) is 5.89. The monoisotopic (exact) mass is 424 g/mol. The number of rotatable bonds is 7. The van der Waals surface area contributed by atoms with Gasteiger partial charge in [-0.05, 0) is 63.7 Å². The van der Waals surface area contributed by atoms with Crippen LogP contribution < -0.4 is 5.32 Å². The lowest BCUT2D eigenvalue weighted by molar-refractivity contribution is -0.133. The number of amides is 2. The average molecular weight is 425 g/mol. The number of fused-ring (bicyclic) bond motifs is 1. The molecule has 8 heteroatoms. The first kappa shape index (κ1) is 20.4. The molecule has 31 heavy (non-hydrogen) atoms. The summed E-state index contributed by atoms with van der Waals surface area (Å²) in [5, 5.41) is 9.00. The number of carbonyl (C=O) groups is 2. The van der Waals surface area contributed by atoms with E-state index in [1.165, 1.54) is 12.8 Å². The highest BCUT2D eigenvalue weighted by atomic mass is 16.2. The van der Waals surface area contributed by atoms with Crippen LogP contribution in [0.5, 0.6) is 0 Å². The van der Waals surface area contributed by atoms with Crippen LogP contribution in [0, 0.1) is 5.92 Å². The smallest absolute Gasteiger partial charge is 0.236 e. The van der Waals surface area contributed by atoms with Crippen LogP contribution in [0.15, 0.2) is 18.3 Å². The number of pyridine rings is 1. The predicted octanol–water partition coefficient (Wildman–Crippen LogP) is 1.76. The molecule has 1 N–H and O–H groups in total. The fourth-order valence-electron chi connectivity index (χ4n) is 4.93. The highest BCUT2D eigenvalue weighted by Gasteiger charge is 2.30. The minimum absolute atomic E-state index is 0.157. The van der Waals surface area contributed by atoms with Crippen molar-refractivity contribution in [3.8, 4) is 0 Å². The molecule has 4 heterocycles. The van der Waals surface area contributed by atoms with Crippen LogP contribution in [0.25, 0.3) is 11.0 Å². The summed E-state index contributed by atoms with van der Waals surface area (Å²) < 4.78 is 1.92. The van der Waals surface area contributed by atoms with Gasteiger partial charge in [0.1, 0.15) is 0 Å². The van der Waals surface area contributed by atoms with Gasteiger partial charge in [-0.1, -0.05) is 0 Å². The van der Waals surface area contributed by atoms with E-state index in [1.54, 1.807) is 6.20 Å². The molecule has 0 radical (unpaired) electrons. The third-order valence-electron chi connectivity index (χ3n) is 6.82. The summed E-state index contributed by atoms with van der Waals surface area (Å²) in [5.74, 6) is 0.847. The molecule has 0 aromatic carbocycles. The molecule has 3 fully saturated rings. The normalized spacial score (nSPS) is 22.2. The van der Waals surface area contributed by atoms with Crippen molar-refractivity contribution in [1.29, 1.82) is 0 Å². The zero-order chi connectivity index (χ0) is 21.2. The second-order valence-electron chi connectivity index (χ2n) is 9.21. The van der Waals surface area contributed by atoms with Crippen molar-refractivity contribution in [2.45, 2.75) is 51.0 Å². The molecule has 0 unspecified atom stereocenters. The van der Waals surface area contributed by atoms with Crippen molar-refractivity contribution in [1.82, 2.24) is 29.9 Å². The van der Waals surface area contributed by atoms with Gasteiger partial charge >= 0.3 is 0 Å². The zero-order valence-electron chi connectivity index (χ0n) is 18.1. The fraction of sp³-hybridized carbons (Fsp3) is 0.652. The molecule has 0 bridgehead atoms. The number of hydrogen-bond donors (Lipinski definition) is 1. The van der Waals surface area contributed by atoms with Crippen LogP contribution in [-0.4, -0.2) is 75.6 Å². The summed E-state index contributed by atoms with van der Waals surface area (Å²) in [7, 11) is 0. The molecule has 1 aliphatic carbocycles. The predicted molar refractivity (Wildman–Crippen MR) is 117 cm³/mol. The Morgan fingerprint density at radius 2 is 1.94 bits per heavy atom. The lowest BCUT2D eigenvalue weighted by atomic mass is 9.93. The molecule has 2 amide bonds. The van der Waals surface area contributed by atoms with Gasteiger partial charge in [-0.25, -0.2) is 9.67 Å². The molecule has 8 nitrogen and oxygen atoms in total. The fourth-order valence-corrected chi connectivity index (χ4v) is 4.93. The van der Waals surface area contributed by atoms with E-state index in [4.69, 9.17) is 5.10 Å². The molecule has 2 aromatic rings. The van der Waals surface area contributed by atoms with Crippen LogP contribution >= 0.6 is 0 Å². The van der Waals surface area contributed by atoms with E-state index in [1.807, 2.05) is 15.6 Å². The Morgan fingerprint density at radius 3 is 2.74 bits per heavy atom. The number of hydrogen-bond acceptors (Lipinski definition) is 5. The number of carbonyl (C=O) groups excluding carboxylic acids is 2. The van der Waals surface area contributed by atoms with Crippen LogP contribution in [0.1, 0.15) is 50.1 Å². The molecule has 166 valence electrons. The van der Waals surface area contributed by atoms with Crippen LogP contribution in [0.3, 0.4) is 0 Å². The third-order valence-corrected chi connectivity index (χ3v) is 6.82. The number of aromatic nitrogens is 3. The molecular formula is C23H32N6O2. The first-order valence-electron chi connectivity index (χ1n) is 11.8. The molecule has 1 atom stereocenters. The standard InChI is InChI=1S/C23H32N6O2/c30-20(16-27-11-1-2-12-27)28-13-4-5-18(15-28)21-19-6-3-9-24-22(19)29(26-21)14-10-25-23(31)17-7-8-17/h3,6,9,17-18H,1-2,4-5,7-8,10-16H2,(H,25,31)/t18-/m0/s1. The van der Waals surface area contributed by atoms with E-state index in [0.29, 0.717) is 19.6 Å². The van der Waals surface area contributed by atoms with Gasteiger partial charge in [-0.3, -0.25) is 14.5 Å². The maximum absolute atomic E-state index is 12.9. The van der Waals surface area contributed by atoms with E-state index in [-0.39, 0.29) is 23.7 Å². The van der Waals surface area contributed by atoms with Crippen molar-refractivity contribution < 1.29 is 9.59 Å². The summed E-state index contributed by atoms with van der Waals surface area (Å²) in [6, 6.07) is 4.03. The SMILES string of the molecule is O=C(NCCn1nc([C@H]2CCCN(C(=O)CN3CCCC3)C2)c2cccnc21)C1CC1. The maximum atomic E-state index is 12.9. The molecule has 2 aliphatic heterocycles. The molecule has 0 spiro atoms. The minimum Gasteiger partial charge on any atom is -0.354 e. The van der Waals surface area contributed by atoms with Gasteiger partial charge in [0.2, 0.25) is 11.8 Å². The van der Waals surface area contributed by atoms with Gasteiger partial charge in [0.15, 0.2) is 5.65 Å². The van der Waals surface area contributed by atoms with Crippen molar-refractivity contribution >= 4 is 22.8 Å². The van der Waals surface area contributed by atoms with Gasteiger partial charge in [0.25, 0.3) is 0 Å². The second-order valence-corrected chi connectivity index (χ2v) is 9.21. The van der Waals surface area contributed by atoms with Crippen molar-refractivity contribution in [2.75, 3.05) is 39.3 Å². The maximum Gasteiger partial charge on any atom is 0.236 e. The Bertz CT molecular complexity index is 947. The molecule has 2 aromatic heterocycles. The zero-order valence-corrected chi connectivity index (χ0v) is 18.1.